The normalized spacial score (nSPS) is 12.2. The van der Waals surface area contributed by atoms with E-state index < -0.39 is 0 Å². The van der Waals surface area contributed by atoms with Gasteiger partial charge in [0.25, 0.3) is 5.91 Å². The van der Waals surface area contributed by atoms with E-state index in [4.69, 9.17) is 4.42 Å². The Hall–Kier alpha value is -2.23. The smallest absolute Gasteiger partial charge is 0.257 e. The molecule has 4 nitrogen and oxygen atoms in total. The Morgan fingerprint density at radius 2 is 1.95 bits per heavy atom. The van der Waals surface area contributed by atoms with Crippen molar-refractivity contribution in [2.24, 2.45) is 0 Å². The van der Waals surface area contributed by atoms with Crippen LogP contribution < -0.4 is 0 Å². The number of carbonyl (C=O) groups excluding carboxylic acids is 1. The van der Waals surface area contributed by atoms with E-state index in [1.54, 1.807) is 37.1 Å². The molecule has 1 amide bonds. The summed E-state index contributed by atoms with van der Waals surface area (Å²) in [5.74, 6) is 0.849. The number of benzene rings is 1. The van der Waals surface area contributed by atoms with Gasteiger partial charge in [-0.3, -0.25) is 4.79 Å². The highest BCUT2D eigenvalue weighted by atomic mass is 16.3. The maximum Gasteiger partial charge on any atom is 0.257 e. The SMILES string of the molecule is Cc1cc(C(=O)N(C)C(C)c2ccc(O)cc2)co1. The molecular weight excluding hydrogens is 242 g/mol. The molecule has 0 spiro atoms. The number of phenolic OH excluding ortho intramolecular Hbond substituents is 1. The molecular formula is C15H17NO3. The molecule has 0 radical (unpaired) electrons. The minimum absolute atomic E-state index is 0.0803. The van der Waals surface area contributed by atoms with Crippen molar-refractivity contribution in [1.29, 1.82) is 0 Å². The molecule has 1 aromatic carbocycles. The number of hydrogen-bond acceptors (Lipinski definition) is 3. The zero-order valence-electron chi connectivity index (χ0n) is 11.3. The van der Waals surface area contributed by atoms with Crippen LogP contribution in [0.5, 0.6) is 5.75 Å². The summed E-state index contributed by atoms with van der Waals surface area (Å²) < 4.78 is 5.16. The van der Waals surface area contributed by atoms with Crippen LogP contribution in [0.4, 0.5) is 0 Å². The van der Waals surface area contributed by atoms with E-state index in [2.05, 4.69) is 0 Å². The van der Waals surface area contributed by atoms with E-state index >= 15 is 0 Å². The lowest BCUT2D eigenvalue weighted by molar-refractivity contribution is 0.0742. The van der Waals surface area contributed by atoms with Crippen molar-refractivity contribution in [2.45, 2.75) is 19.9 Å². The Labute approximate surface area is 112 Å². The van der Waals surface area contributed by atoms with Crippen molar-refractivity contribution in [3.8, 4) is 5.75 Å². The van der Waals surface area contributed by atoms with Crippen LogP contribution in [0.15, 0.2) is 41.0 Å². The molecule has 1 unspecified atom stereocenters. The first-order chi connectivity index (χ1) is 8.99. The molecule has 0 aliphatic rings. The molecule has 100 valence electrons. The van der Waals surface area contributed by atoms with E-state index in [1.165, 1.54) is 6.26 Å². The largest absolute Gasteiger partial charge is 0.508 e. The van der Waals surface area contributed by atoms with Crippen LogP contribution in [-0.2, 0) is 0 Å². The van der Waals surface area contributed by atoms with Gasteiger partial charge in [-0.2, -0.15) is 0 Å². The number of hydrogen-bond donors (Lipinski definition) is 1. The summed E-state index contributed by atoms with van der Waals surface area (Å²) in [6, 6.07) is 8.50. The Morgan fingerprint density at radius 3 is 2.47 bits per heavy atom. The number of carbonyl (C=O) groups is 1. The molecule has 2 aromatic rings. The topological polar surface area (TPSA) is 53.7 Å². The predicted octanol–water partition coefficient (Wildman–Crippen LogP) is 3.13. The monoisotopic (exact) mass is 259 g/mol. The summed E-state index contributed by atoms with van der Waals surface area (Å²) in [6.07, 6.45) is 1.47. The highest BCUT2D eigenvalue weighted by Crippen LogP contribution is 2.23. The Kier molecular flexibility index (Phi) is 3.60. The standard InChI is InChI=1S/C15H17NO3/c1-10-8-13(9-19-10)15(18)16(3)11(2)12-4-6-14(17)7-5-12/h4-9,11,17H,1-3H3. The minimum Gasteiger partial charge on any atom is -0.508 e. The maximum atomic E-state index is 12.3. The predicted molar refractivity (Wildman–Crippen MR) is 72.1 cm³/mol. The molecule has 1 N–H and O–H groups in total. The summed E-state index contributed by atoms with van der Waals surface area (Å²) in [4.78, 5) is 13.9. The fraction of sp³-hybridized carbons (Fsp3) is 0.267. The maximum absolute atomic E-state index is 12.3. The lowest BCUT2D eigenvalue weighted by Crippen LogP contribution is -2.29. The molecule has 1 heterocycles. The number of nitrogens with zero attached hydrogens (tertiary/aromatic N) is 1. The van der Waals surface area contributed by atoms with Crippen LogP contribution in [0.2, 0.25) is 0 Å². The average Bonchev–Trinajstić information content (AvgIpc) is 2.84. The van der Waals surface area contributed by atoms with Gasteiger partial charge in [-0.25, -0.2) is 0 Å². The van der Waals surface area contributed by atoms with Gasteiger partial charge in [0.2, 0.25) is 0 Å². The van der Waals surface area contributed by atoms with E-state index in [-0.39, 0.29) is 17.7 Å². The number of amides is 1. The fourth-order valence-electron chi connectivity index (χ4n) is 1.91. The zero-order chi connectivity index (χ0) is 14.0. The summed E-state index contributed by atoms with van der Waals surface area (Å²) in [5.41, 5.74) is 1.51. The van der Waals surface area contributed by atoms with Crippen molar-refractivity contribution in [2.75, 3.05) is 7.05 Å². The van der Waals surface area contributed by atoms with Gasteiger partial charge in [-0.15, -0.1) is 0 Å². The van der Waals surface area contributed by atoms with Crippen molar-refractivity contribution < 1.29 is 14.3 Å². The second-order valence-corrected chi connectivity index (χ2v) is 4.63. The molecule has 2 rings (SSSR count). The van der Waals surface area contributed by atoms with Crippen LogP contribution in [0, 0.1) is 6.92 Å². The second kappa shape index (κ2) is 5.18. The third-order valence-electron chi connectivity index (χ3n) is 3.25. The lowest BCUT2D eigenvalue weighted by atomic mass is 10.1. The first-order valence-electron chi connectivity index (χ1n) is 6.10. The molecule has 19 heavy (non-hydrogen) atoms. The Bertz CT molecular complexity index is 571. The van der Waals surface area contributed by atoms with Crippen LogP contribution in [0.3, 0.4) is 0 Å². The van der Waals surface area contributed by atoms with Crippen molar-refractivity contribution in [3.05, 3.63) is 53.5 Å². The van der Waals surface area contributed by atoms with Crippen molar-refractivity contribution >= 4 is 5.91 Å². The molecule has 0 aliphatic carbocycles. The summed E-state index contributed by atoms with van der Waals surface area (Å²) in [5, 5.41) is 9.27. The first-order valence-corrected chi connectivity index (χ1v) is 6.10. The van der Waals surface area contributed by atoms with E-state index in [9.17, 15) is 9.90 Å². The van der Waals surface area contributed by atoms with Gasteiger partial charge >= 0.3 is 0 Å². The number of phenols is 1. The van der Waals surface area contributed by atoms with E-state index in [0.29, 0.717) is 11.3 Å². The van der Waals surface area contributed by atoms with Crippen molar-refractivity contribution in [1.82, 2.24) is 4.90 Å². The van der Waals surface area contributed by atoms with Gasteiger partial charge in [0.05, 0.1) is 11.6 Å². The van der Waals surface area contributed by atoms with Gasteiger partial charge in [0.15, 0.2) is 0 Å². The van der Waals surface area contributed by atoms with Crippen LogP contribution in [0.25, 0.3) is 0 Å². The van der Waals surface area contributed by atoms with Crippen molar-refractivity contribution in [3.63, 3.8) is 0 Å². The number of rotatable bonds is 3. The molecule has 0 saturated carbocycles. The quantitative estimate of drug-likeness (QED) is 0.921. The number of furan rings is 1. The van der Waals surface area contributed by atoms with Gasteiger partial charge in [0.1, 0.15) is 17.8 Å². The summed E-state index contributed by atoms with van der Waals surface area (Å²) >= 11 is 0. The van der Waals surface area contributed by atoms with Crippen LogP contribution in [0.1, 0.15) is 34.6 Å². The molecule has 0 aliphatic heterocycles. The van der Waals surface area contributed by atoms with Gasteiger partial charge in [0, 0.05) is 7.05 Å². The fourth-order valence-corrected chi connectivity index (χ4v) is 1.91. The molecule has 4 heteroatoms. The highest BCUT2D eigenvalue weighted by Gasteiger charge is 2.20. The zero-order valence-corrected chi connectivity index (χ0v) is 11.3. The number of aromatic hydroxyl groups is 1. The molecule has 0 saturated heterocycles. The Morgan fingerprint density at radius 1 is 1.32 bits per heavy atom. The van der Waals surface area contributed by atoms with Crippen LogP contribution in [-0.4, -0.2) is 23.0 Å². The molecule has 0 fully saturated rings. The van der Waals surface area contributed by atoms with Crippen LogP contribution >= 0.6 is 0 Å². The molecule has 1 atom stereocenters. The number of aryl methyl sites for hydroxylation is 1. The Balaban J connectivity index is 2.16. The first kappa shape index (κ1) is 13.2. The van der Waals surface area contributed by atoms with E-state index in [0.717, 1.165) is 5.56 Å². The highest BCUT2D eigenvalue weighted by molar-refractivity contribution is 5.94. The minimum atomic E-state index is -0.0857. The van der Waals surface area contributed by atoms with Gasteiger partial charge < -0.3 is 14.4 Å². The van der Waals surface area contributed by atoms with Gasteiger partial charge in [-0.05, 0) is 37.6 Å². The average molecular weight is 259 g/mol. The third kappa shape index (κ3) is 2.78. The lowest BCUT2D eigenvalue weighted by Gasteiger charge is -2.24. The third-order valence-corrected chi connectivity index (χ3v) is 3.25. The summed E-state index contributed by atoms with van der Waals surface area (Å²) in [6.45, 7) is 3.75. The molecule has 0 bridgehead atoms. The van der Waals surface area contributed by atoms with E-state index in [1.807, 2.05) is 19.1 Å². The van der Waals surface area contributed by atoms with Gasteiger partial charge in [-0.1, -0.05) is 12.1 Å². The second-order valence-electron chi connectivity index (χ2n) is 4.63. The molecule has 1 aromatic heterocycles. The summed E-state index contributed by atoms with van der Waals surface area (Å²) in [7, 11) is 1.75.